The molecular formula is C6H7LiO3P. The Morgan fingerprint density at radius 3 is 1.82 bits per heavy atom. The van der Waals surface area contributed by atoms with Crippen LogP contribution in [-0.4, -0.2) is 28.6 Å². The Kier molecular flexibility index (Phi) is 4.10. The Morgan fingerprint density at radius 2 is 1.55 bits per heavy atom. The summed E-state index contributed by atoms with van der Waals surface area (Å²) >= 11 is 0. The van der Waals surface area contributed by atoms with Crippen LogP contribution in [0.5, 0.6) is 0 Å². The molecule has 0 fully saturated rings. The summed E-state index contributed by atoms with van der Waals surface area (Å²) in [6, 6.07) is 7.70. The summed E-state index contributed by atoms with van der Waals surface area (Å²) in [7, 11) is -4.02. The fourth-order valence-electron chi connectivity index (χ4n) is 0.622. The molecule has 11 heavy (non-hydrogen) atoms. The normalized spacial score (nSPS) is 10.4. The van der Waals surface area contributed by atoms with Crippen LogP contribution in [0.4, 0.5) is 0 Å². The summed E-state index contributed by atoms with van der Waals surface area (Å²) in [5.41, 5.74) is 0. The van der Waals surface area contributed by atoms with Gasteiger partial charge < -0.3 is 9.79 Å². The van der Waals surface area contributed by atoms with Gasteiger partial charge in [-0.1, -0.05) is 18.2 Å². The number of hydrogen-bond donors (Lipinski definition) is 2. The Balaban J connectivity index is 0.000001000. The molecule has 1 aromatic carbocycles. The van der Waals surface area contributed by atoms with Crippen molar-refractivity contribution >= 4 is 31.8 Å². The summed E-state index contributed by atoms with van der Waals surface area (Å²) in [6.45, 7) is 0. The SMILES string of the molecule is O=P(O)(O)c1ccccc1.[Li]. The molecule has 0 amide bonds. The van der Waals surface area contributed by atoms with Gasteiger partial charge in [0.05, 0.1) is 5.30 Å². The molecule has 1 rings (SSSR count). The van der Waals surface area contributed by atoms with Gasteiger partial charge in [0.15, 0.2) is 0 Å². The maximum Gasteiger partial charge on any atom is 0.356 e. The van der Waals surface area contributed by atoms with Crippen LogP contribution in [0.25, 0.3) is 0 Å². The van der Waals surface area contributed by atoms with Crippen LogP contribution in [0.2, 0.25) is 0 Å². The van der Waals surface area contributed by atoms with E-state index in [9.17, 15) is 4.57 Å². The maximum absolute atomic E-state index is 10.5. The zero-order valence-corrected chi connectivity index (χ0v) is 7.03. The summed E-state index contributed by atoms with van der Waals surface area (Å²) in [5, 5.41) is 0.0648. The molecule has 0 saturated heterocycles. The third-order valence-corrected chi connectivity index (χ3v) is 2.06. The molecule has 0 aromatic heterocycles. The van der Waals surface area contributed by atoms with Crippen LogP contribution < -0.4 is 5.30 Å². The first-order chi connectivity index (χ1) is 4.61. The van der Waals surface area contributed by atoms with E-state index in [0.717, 1.165) is 0 Å². The van der Waals surface area contributed by atoms with E-state index in [-0.39, 0.29) is 24.2 Å². The van der Waals surface area contributed by atoms with Crippen molar-refractivity contribution in [2.45, 2.75) is 0 Å². The summed E-state index contributed by atoms with van der Waals surface area (Å²) < 4.78 is 10.5. The van der Waals surface area contributed by atoms with Crippen LogP contribution in [-0.2, 0) is 4.57 Å². The molecule has 5 heteroatoms. The van der Waals surface area contributed by atoms with Gasteiger partial charge in [-0.25, -0.2) is 0 Å². The molecule has 0 heterocycles. The number of hydrogen-bond acceptors (Lipinski definition) is 1. The van der Waals surface area contributed by atoms with Gasteiger partial charge in [-0.05, 0) is 12.1 Å². The molecule has 0 bridgehead atoms. The predicted octanol–water partition coefficient (Wildman–Crippen LogP) is 0.109. The molecule has 1 radical (unpaired) electrons. The quantitative estimate of drug-likeness (QED) is 0.458. The molecule has 0 saturated carbocycles. The molecule has 3 nitrogen and oxygen atoms in total. The zero-order valence-electron chi connectivity index (χ0n) is 6.14. The van der Waals surface area contributed by atoms with Crippen molar-refractivity contribution in [3.05, 3.63) is 30.3 Å². The van der Waals surface area contributed by atoms with Crippen molar-refractivity contribution < 1.29 is 14.4 Å². The van der Waals surface area contributed by atoms with Crippen molar-refractivity contribution in [3.8, 4) is 0 Å². The standard InChI is InChI=1S/C6H7O3P.Li/c7-10(8,9)6-4-2-1-3-5-6;/h1-5H,(H2,7,8,9);. The molecule has 0 aliphatic heterocycles. The second kappa shape index (κ2) is 4.11. The Hall–Kier alpha value is -0.0326. The van der Waals surface area contributed by atoms with Crippen molar-refractivity contribution in [1.82, 2.24) is 0 Å². The van der Waals surface area contributed by atoms with Gasteiger partial charge in [-0.15, -0.1) is 0 Å². The molecule has 1 aromatic rings. The zero-order chi connectivity index (χ0) is 7.61. The predicted molar refractivity (Wildman–Crippen MR) is 43.9 cm³/mol. The van der Waals surface area contributed by atoms with Crippen LogP contribution in [0, 0.1) is 0 Å². The van der Waals surface area contributed by atoms with Crippen molar-refractivity contribution in [2.75, 3.05) is 0 Å². The average Bonchev–Trinajstić information content (AvgIpc) is 1.88. The molecule has 0 atom stereocenters. The van der Waals surface area contributed by atoms with Gasteiger partial charge >= 0.3 is 7.60 Å². The van der Waals surface area contributed by atoms with E-state index in [2.05, 4.69) is 0 Å². The van der Waals surface area contributed by atoms with E-state index >= 15 is 0 Å². The molecule has 0 aliphatic carbocycles. The van der Waals surface area contributed by atoms with E-state index in [1.54, 1.807) is 18.2 Å². The van der Waals surface area contributed by atoms with E-state index in [1.165, 1.54) is 12.1 Å². The van der Waals surface area contributed by atoms with Gasteiger partial charge in [0.2, 0.25) is 0 Å². The number of benzene rings is 1. The summed E-state index contributed by atoms with van der Waals surface area (Å²) in [4.78, 5) is 17.2. The van der Waals surface area contributed by atoms with E-state index in [4.69, 9.17) is 9.79 Å². The second-order valence-corrected chi connectivity index (χ2v) is 3.48. The minimum atomic E-state index is -4.02. The third kappa shape index (κ3) is 3.24. The molecule has 0 aliphatic rings. The summed E-state index contributed by atoms with van der Waals surface area (Å²) in [5.74, 6) is 0. The van der Waals surface area contributed by atoms with Gasteiger partial charge in [0, 0.05) is 18.9 Å². The van der Waals surface area contributed by atoms with Crippen LogP contribution in [0.1, 0.15) is 0 Å². The van der Waals surface area contributed by atoms with Crippen LogP contribution in [0.15, 0.2) is 30.3 Å². The molecule has 0 spiro atoms. The van der Waals surface area contributed by atoms with E-state index < -0.39 is 7.60 Å². The molecule has 0 unspecified atom stereocenters. The van der Waals surface area contributed by atoms with Crippen molar-refractivity contribution in [2.24, 2.45) is 0 Å². The van der Waals surface area contributed by atoms with Crippen LogP contribution in [0.3, 0.4) is 0 Å². The van der Waals surface area contributed by atoms with Gasteiger partial charge in [-0.2, -0.15) is 0 Å². The fraction of sp³-hybridized carbons (Fsp3) is 0. The molecular weight excluding hydrogens is 158 g/mol. The Morgan fingerprint density at radius 1 is 1.09 bits per heavy atom. The maximum atomic E-state index is 10.5. The van der Waals surface area contributed by atoms with E-state index in [0.29, 0.717) is 0 Å². The van der Waals surface area contributed by atoms with Gasteiger partial charge in [0.1, 0.15) is 0 Å². The van der Waals surface area contributed by atoms with Crippen molar-refractivity contribution in [3.63, 3.8) is 0 Å². The molecule has 2 N–H and O–H groups in total. The smallest absolute Gasteiger partial charge is 0.321 e. The van der Waals surface area contributed by atoms with Crippen LogP contribution >= 0.6 is 7.60 Å². The third-order valence-electron chi connectivity index (χ3n) is 1.09. The number of rotatable bonds is 1. The van der Waals surface area contributed by atoms with Gasteiger partial charge in [0.25, 0.3) is 0 Å². The first-order valence-electron chi connectivity index (χ1n) is 2.72. The largest absolute Gasteiger partial charge is 0.356 e. The van der Waals surface area contributed by atoms with Gasteiger partial charge in [-0.3, -0.25) is 4.57 Å². The summed E-state index contributed by atoms with van der Waals surface area (Å²) in [6.07, 6.45) is 0. The fourth-order valence-corrected chi connectivity index (χ4v) is 1.18. The minimum Gasteiger partial charge on any atom is -0.321 e. The minimum absolute atomic E-state index is 0. The Labute approximate surface area is 76.8 Å². The van der Waals surface area contributed by atoms with Crippen molar-refractivity contribution in [1.29, 1.82) is 0 Å². The average molecular weight is 165 g/mol. The molecule has 55 valence electrons. The second-order valence-electron chi connectivity index (χ2n) is 1.88. The van der Waals surface area contributed by atoms with E-state index in [1.807, 2.05) is 0 Å². The Bertz CT molecular complexity index is 256. The topological polar surface area (TPSA) is 57.5 Å². The first kappa shape index (κ1) is 11.0. The first-order valence-corrected chi connectivity index (χ1v) is 4.33. The monoisotopic (exact) mass is 165 g/mol.